The van der Waals surface area contributed by atoms with Gasteiger partial charge in [0.1, 0.15) is 5.75 Å². The Kier molecular flexibility index (Phi) is 4.55. The fourth-order valence-electron chi connectivity index (χ4n) is 1.75. The number of methoxy groups -OCH3 is 1. The van der Waals surface area contributed by atoms with E-state index in [4.69, 9.17) is 4.74 Å². The van der Waals surface area contributed by atoms with Crippen molar-refractivity contribution in [3.8, 4) is 5.75 Å². The number of ether oxygens (including phenoxy) is 1. The Morgan fingerprint density at radius 2 is 2.10 bits per heavy atom. The zero-order valence-corrected chi connectivity index (χ0v) is 11.5. The summed E-state index contributed by atoms with van der Waals surface area (Å²) in [6, 6.07) is 9.30. The van der Waals surface area contributed by atoms with Crippen LogP contribution in [0.25, 0.3) is 0 Å². The molecule has 0 saturated heterocycles. The lowest BCUT2D eigenvalue weighted by Gasteiger charge is -2.02. The van der Waals surface area contributed by atoms with Crippen LogP contribution in [0, 0.1) is 0 Å². The Morgan fingerprint density at radius 1 is 1.35 bits per heavy atom. The molecule has 104 valence electrons. The van der Waals surface area contributed by atoms with Crippen molar-refractivity contribution in [2.24, 2.45) is 12.1 Å². The lowest BCUT2D eigenvalue weighted by atomic mass is 10.1. The molecule has 0 fully saturated rings. The smallest absolute Gasteiger partial charge is 0.244 e. The van der Waals surface area contributed by atoms with Gasteiger partial charge in [-0.2, -0.15) is 5.10 Å². The van der Waals surface area contributed by atoms with Crippen molar-refractivity contribution in [2.75, 3.05) is 7.11 Å². The third kappa shape index (κ3) is 3.98. The Balaban J connectivity index is 1.84. The van der Waals surface area contributed by atoms with E-state index in [-0.39, 0.29) is 12.3 Å². The average molecular weight is 271 g/mol. The van der Waals surface area contributed by atoms with Gasteiger partial charge in [0.25, 0.3) is 0 Å². The Labute approximate surface area is 117 Å². The molecule has 2 rings (SSSR count). The minimum Gasteiger partial charge on any atom is -0.497 e. The van der Waals surface area contributed by atoms with Gasteiger partial charge in [-0.15, -0.1) is 0 Å². The number of rotatable bonds is 5. The van der Waals surface area contributed by atoms with Crippen LogP contribution in [-0.2, 0) is 18.3 Å². The Morgan fingerprint density at radius 3 is 2.70 bits per heavy atom. The summed E-state index contributed by atoms with van der Waals surface area (Å²) in [5.41, 5.74) is 4.36. The summed E-state index contributed by atoms with van der Waals surface area (Å²) in [4.78, 5) is 11.7. The summed E-state index contributed by atoms with van der Waals surface area (Å²) >= 11 is 0. The average Bonchev–Trinajstić information content (AvgIpc) is 2.85. The van der Waals surface area contributed by atoms with Gasteiger partial charge in [0.15, 0.2) is 0 Å². The molecular weight excluding hydrogens is 254 g/mol. The number of hydrogen-bond donors (Lipinski definition) is 1. The third-order valence-electron chi connectivity index (χ3n) is 2.78. The number of nitrogens with zero attached hydrogens (tertiary/aromatic N) is 2. The molecule has 1 aromatic heterocycles. The van der Waals surface area contributed by atoms with Crippen molar-refractivity contribution in [1.29, 1.82) is 0 Å². The van der Waals surface area contributed by atoms with Crippen LogP contribution >= 0.6 is 0 Å². The number of carbonyl (C=O) groups is 1. The molecule has 1 amide bonds. The highest BCUT2D eigenvalue weighted by molar-refractivity contribution is 5.83. The molecule has 0 atom stereocenters. The van der Waals surface area contributed by atoms with Gasteiger partial charge in [-0.1, -0.05) is 12.1 Å². The van der Waals surface area contributed by atoms with Crippen LogP contribution in [0.1, 0.15) is 11.1 Å². The Bertz CT molecular complexity index is 600. The van der Waals surface area contributed by atoms with Crippen LogP contribution in [0.2, 0.25) is 0 Å². The monoisotopic (exact) mass is 271 g/mol. The molecule has 5 heteroatoms. The maximum absolute atomic E-state index is 11.7. The number of amides is 1. The molecule has 0 radical (unpaired) electrons. The van der Waals surface area contributed by atoms with Crippen LogP contribution in [0.5, 0.6) is 5.75 Å². The fraction of sp³-hybridized carbons (Fsp3) is 0.200. The topological polar surface area (TPSA) is 55.6 Å². The van der Waals surface area contributed by atoms with Gasteiger partial charge >= 0.3 is 0 Å². The molecule has 1 aromatic carbocycles. The van der Waals surface area contributed by atoms with E-state index in [0.29, 0.717) is 0 Å². The van der Waals surface area contributed by atoms with E-state index in [1.54, 1.807) is 13.3 Å². The molecule has 1 N–H and O–H groups in total. The first-order valence-corrected chi connectivity index (χ1v) is 6.24. The van der Waals surface area contributed by atoms with Crippen LogP contribution in [0.4, 0.5) is 0 Å². The van der Waals surface area contributed by atoms with Crippen LogP contribution in [-0.4, -0.2) is 23.8 Å². The number of benzene rings is 1. The minimum absolute atomic E-state index is 0.151. The molecule has 0 unspecified atom stereocenters. The molecule has 20 heavy (non-hydrogen) atoms. The molecule has 1 heterocycles. The van der Waals surface area contributed by atoms with Gasteiger partial charge in [-0.05, 0) is 23.8 Å². The summed E-state index contributed by atoms with van der Waals surface area (Å²) in [5, 5.41) is 3.92. The van der Waals surface area contributed by atoms with E-state index in [1.165, 1.54) is 0 Å². The van der Waals surface area contributed by atoms with Crippen LogP contribution in [0.3, 0.4) is 0 Å². The summed E-state index contributed by atoms with van der Waals surface area (Å²) in [7, 11) is 3.54. The molecule has 5 nitrogen and oxygen atoms in total. The number of aromatic nitrogens is 1. The molecule has 0 spiro atoms. The van der Waals surface area contributed by atoms with Crippen LogP contribution in [0.15, 0.2) is 47.8 Å². The summed E-state index contributed by atoms with van der Waals surface area (Å²) in [5.74, 6) is 0.624. The zero-order valence-electron chi connectivity index (χ0n) is 11.5. The first-order valence-electron chi connectivity index (χ1n) is 6.24. The molecule has 0 bridgehead atoms. The lowest BCUT2D eigenvalue weighted by Crippen LogP contribution is -2.19. The molecule has 0 aliphatic carbocycles. The summed E-state index contributed by atoms with van der Waals surface area (Å²) < 4.78 is 6.98. The predicted molar refractivity (Wildman–Crippen MR) is 77.8 cm³/mol. The molecule has 0 aliphatic rings. The van der Waals surface area contributed by atoms with Crippen LogP contribution < -0.4 is 10.2 Å². The first kappa shape index (κ1) is 13.9. The van der Waals surface area contributed by atoms with Crippen molar-refractivity contribution in [2.45, 2.75) is 6.42 Å². The van der Waals surface area contributed by atoms with Crippen molar-refractivity contribution < 1.29 is 9.53 Å². The number of hydrogen-bond acceptors (Lipinski definition) is 3. The van der Waals surface area contributed by atoms with Gasteiger partial charge in [0.05, 0.1) is 19.7 Å². The number of nitrogens with one attached hydrogen (secondary N) is 1. The van der Waals surface area contributed by atoms with E-state index < -0.39 is 0 Å². The number of carbonyl (C=O) groups excluding carboxylic acids is 1. The lowest BCUT2D eigenvalue weighted by molar-refractivity contribution is -0.120. The van der Waals surface area contributed by atoms with Crippen molar-refractivity contribution >= 4 is 12.1 Å². The largest absolute Gasteiger partial charge is 0.497 e. The number of aryl methyl sites for hydroxylation is 1. The fourth-order valence-corrected chi connectivity index (χ4v) is 1.75. The maximum Gasteiger partial charge on any atom is 0.244 e. The quantitative estimate of drug-likeness (QED) is 0.665. The second-order valence-corrected chi connectivity index (χ2v) is 4.43. The van der Waals surface area contributed by atoms with Crippen molar-refractivity contribution in [3.63, 3.8) is 0 Å². The maximum atomic E-state index is 11.7. The van der Waals surface area contributed by atoms with E-state index in [2.05, 4.69) is 10.5 Å². The second-order valence-electron chi connectivity index (χ2n) is 4.43. The first-order chi connectivity index (χ1) is 9.67. The predicted octanol–water partition coefficient (Wildman–Crippen LogP) is 1.73. The zero-order chi connectivity index (χ0) is 14.4. The van der Waals surface area contributed by atoms with E-state index >= 15 is 0 Å². The van der Waals surface area contributed by atoms with Crippen molar-refractivity contribution in [1.82, 2.24) is 9.99 Å². The van der Waals surface area contributed by atoms with Gasteiger partial charge in [0, 0.05) is 25.0 Å². The summed E-state index contributed by atoms with van der Waals surface area (Å²) in [6.07, 6.45) is 5.74. The minimum atomic E-state index is -0.151. The molecule has 0 saturated carbocycles. The highest BCUT2D eigenvalue weighted by Crippen LogP contribution is 2.11. The van der Waals surface area contributed by atoms with Gasteiger partial charge in [-0.3, -0.25) is 4.79 Å². The highest BCUT2D eigenvalue weighted by Gasteiger charge is 2.02. The van der Waals surface area contributed by atoms with E-state index in [1.807, 2.05) is 54.3 Å². The second kappa shape index (κ2) is 6.56. The molecular formula is C15H17N3O2. The normalized spacial score (nSPS) is 10.7. The standard InChI is InChI=1S/C15H17N3O2/c1-18-8-7-13(11-18)10-16-17-15(19)9-12-3-5-14(20-2)6-4-12/h3-8,10-11H,9H2,1-2H3,(H,17,19)/b16-10+. The summed E-state index contributed by atoms with van der Waals surface area (Å²) in [6.45, 7) is 0. The SMILES string of the molecule is COc1ccc(CC(=O)N/N=C/c2ccn(C)c2)cc1. The van der Waals surface area contributed by atoms with E-state index in [0.717, 1.165) is 16.9 Å². The van der Waals surface area contributed by atoms with Gasteiger partial charge in [-0.25, -0.2) is 5.43 Å². The van der Waals surface area contributed by atoms with Gasteiger partial charge in [0.2, 0.25) is 5.91 Å². The van der Waals surface area contributed by atoms with Crippen molar-refractivity contribution in [3.05, 3.63) is 53.9 Å². The van der Waals surface area contributed by atoms with E-state index in [9.17, 15) is 4.79 Å². The number of hydrazone groups is 1. The molecule has 2 aromatic rings. The molecule has 0 aliphatic heterocycles. The Hall–Kier alpha value is -2.56. The third-order valence-corrected chi connectivity index (χ3v) is 2.78. The highest BCUT2D eigenvalue weighted by atomic mass is 16.5. The van der Waals surface area contributed by atoms with Gasteiger partial charge < -0.3 is 9.30 Å².